The molecule has 0 saturated carbocycles. The number of sulfonamides is 1. The minimum Gasteiger partial charge on any atom is -0.341 e. The van der Waals surface area contributed by atoms with Crippen LogP contribution in [0.1, 0.15) is 96.2 Å². The molecule has 2 aromatic heterocycles. The molecule has 274 valence electrons. The molecule has 0 radical (unpaired) electrons. The van der Waals surface area contributed by atoms with Crippen molar-refractivity contribution in [3.05, 3.63) is 88.7 Å². The van der Waals surface area contributed by atoms with E-state index in [0.717, 1.165) is 72.6 Å². The summed E-state index contributed by atoms with van der Waals surface area (Å²) in [6.45, 7) is 26.2. The zero-order valence-corrected chi connectivity index (χ0v) is 33.3. The second-order valence-corrected chi connectivity index (χ2v) is 16.7. The smallest absolute Gasteiger partial charge is 0.232 e. The van der Waals surface area contributed by atoms with E-state index in [2.05, 4.69) is 99.4 Å². The lowest BCUT2D eigenvalue weighted by Crippen LogP contribution is -2.46. The van der Waals surface area contributed by atoms with Crippen molar-refractivity contribution in [2.45, 2.75) is 93.9 Å². The quantitative estimate of drug-likeness (QED) is 0.121. The molecule has 0 bridgehead atoms. The van der Waals surface area contributed by atoms with Crippen LogP contribution in [0.15, 0.2) is 60.8 Å². The van der Waals surface area contributed by atoms with Crippen molar-refractivity contribution in [3.63, 3.8) is 0 Å². The lowest BCUT2D eigenvalue weighted by atomic mass is 9.83. The van der Waals surface area contributed by atoms with E-state index in [1.165, 1.54) is 11.1 Å². The Morgan fingerprint density at radius 3 is 2.02 bits per heavy atom. The molecule has 2 N–H and O–H groups in total. The van der Waals surface area contributed by atoms with Crippen LogP contribution in [-0.4, -0.2) is 61.0 Å². The predicted octanol–water partition coefficient (Wildman–Crippen LogP) is 8.37. The molecular weight excluding hydrogens is 643 g/mol. The van der Waals surface area contributed by atoms with E-state index in [0.29, 0.717) is 17.5 Å². The van der Waals surface area contributed by atoms with E-state index in [-0.39, 0.29) is 11.8 Å². The number of rotatable bonds is 15. The average Bonchev–Trinajstić information content (AvgIpc) is 3.42. The number of carbonyl (C=O) groups is 1. The largest absolute Gasteiger partial charge is 0.341 e. The molecule has 2 heterocycles. The molecule has 1 atom stereocenters. The molecule has 0 fully saturated rings. The summed E-state index contributed by atoms with van der Waals surface area (Å²) >= 11 is 0. The number of anilines is 1. The number of nitrogens with zero attached hydrogens (tertiary/aromatic N) is 3. The lowest BCUT2D eigenvalue weighted by Gasteiger charge is -2.34. The Morgan fingerprint density at radius 1 is 0.900 bits per heavy atom. The average molecular weight is 704 g/mol. The number of imidazole rings is 1. The van der Waals surface area contributed by atoms with Gasteiger partial charge in [0.15, 0.2) is 0 Å². The van der Waals surface area contributed by atoms with E-state index >= 15 is 0 Å². The van der Waals surface area contributed by atoms with Crippen molar-refractivity contribution < 1.29 is 13.2 Å². The van der Waals surface area contributed by atoms with Gasteiger partial charge in [0.25, 0.3) is 0 Å². The summed E-state index contributed by atoms with van der Waals surface area (Å²) in [7, 11) is -3.30. The fourth-order valence-corrected chi connectivity index (χ4v) is 7.03. The summed E-state index contributed by atoms with van der Waals surface area (Å²) in [5, 5.41) is 3.64. The molecule has 0 aliphatic heterocycles. The molecule has 0 spiro atoms. The van der Waals surface area contributed by atoms with Crippen molar-refractivity contribution in [2.24, 2.45) is 11.8 Å². The van der Waals surface area contributed by atoms with Gasteiger partial charge in [-0.25, -0.2) is 13.4 Å². The van der Waals surface area contributed by atoms with Crippen LogP contribution in [0.4, 0.5) is 5.69 Å². The van der Waals surface area contributed by atoms with Gasteiger partial charge in [0.2, 0.25) is 15.9 Å². The molecule has 0 saturated heterocycles. The van der Waals surface area contributed by atoms with E-state index in [1.54, 1.807) is 12.1 Å². The maximum atomic E-state index is 14.1. The van der Waals surface area contributed by atoms with Gasteiger partial charge >= 0.3 is 0 Å². The van der Waals surface area contributed by atoms with Crippen LogP contribution < -0.4 is 10.0 Å². The van der Waals surface area contributed by atoms with Crippen LogP contribution in [0.2, 0.25) is 0 Å². The number of pyridine rings is 1. The Kier molecular flexibility index (Phi) is 14.3. The molecule has 2 aromatic carbocycles. The number of aryl methyl sites for hydroxylation is 2. The van der Waals surface area contributed by atoms with Gasteiger partial charge in [-0.2, -0.15) is 0 Å². The second kappa shape index (κ2) is 17.5. The Hall–Kier alpha value is -3.69. The van der Waals surface area contributed by atoms with E-state index in [1.807, 2.05) is 44.7 Å². The first kappa shape index (κ1) is 40.7. The van der Waals surface area contributed by atoms with E-state index < -0.39 is 15.4 Å². The summed E-state index contributed by atoms with van der Waals surface area (Å²) in [6, 6.07) is 18.2. The molecule has 9 heteroatoms. The van der Waals surface area contributed by atoms with Crippen molar-refractivity contribution in [1.82, 2.24) is 19.6 Å². The number of amides is 1. The van der Waals surface area contributed by atoms with E-state index in [4.69, 9.17) is 4.98 Å². The number of aromatic nitrogens is 2. The highest BCUT2D eigenvalue weighted by atomic mass is 32.2. The number of benzene rings is 2. The summed E-state index contributed by atoms with van der Waals surface area (Å²) in [4.78, 5) is 21.3. The first-order valence-corrected chi connectivity index (χ1v) is 20.0. The summed E-state index contributed by atoms with van der Waals surface area (Å²) < 4.78 is 27.8. The van der Waals surface area contributed by atoms with Crippen LogP contribution in [-0.2, 0) is 26.7 Å². The van der Waals surface area contributed by atoms with Gasteiger partial charge < -0.3 is 14.6 Å². The fraction of sp³-hybridized carbons (Fsp3) is 0.512. The number of carbonyl (C=O) groups excluding carboxylic acids is 1. The van der Waals surface area contributed by atoms with Gasteiger partial charge in [-0.15, -0.1) is 0 Å². The fourth-order valence-electron chi connectivity index (χ4n) is 6.47. The van der Waals surface area contributed by atoms with Crippen molar-refractivity contribution >= 4 is 27.3 Å². The highest BCUT2D eigenvalue weighted by Gasteiger charge is 2.35. The summed E-state index contributed by atoms with van der Waals surface area (Å²) in [5.41, 5.74) is 8.37. The molecule has 4 aromatic rings. The van der Waals surface area contributed by atoms with Crippen LogP contribution in [0, 0.1) is 25.7 Å². The second-order valence-electron chi connectivity index (χ2n) is 14.9. The third-order valence-corrected chi connectivity index (χ3v) is 9.24. The van der Waals surface area contributed by atoms with Gasteiger partial charge in [0, 0.05) is 43.0 Å². The van der Waals surface area contributed by atoms with Crippen LogP contribution >= 0.6 is 0 Å². The minimum absolute atomic E-state index is 0.115. The van der Waals surface area contributed by atoms with Crippen LogP contribution in [0.3, 0.4) is 0 Å². The number of nitrogens with one attached hydrogen (secondary N) is 2. The van der Waals surface area contributed by atoms with Crippen LogP contribution in [0.25, 0.3) is 16.9 Å². The third kappa shape index (κ3) is 10.9. The Balaban J connectivity index is 0.00000332. The maximum absolute atomic E-state index is 14.1. The number of hydrogen-bond acceptors (Lipinski definition) is 5. The minimum atomic E-state index is -3.30. The molecule has 0 aliphatic carbocycles. The van der Waals surface area contributed by atoms with Crippen LogP contribution in [0.5, 0.6) is 0 Å². The first-order valence-electron chi connectivity index (χ1n) is 18.1. The predicted molar refractivity (Wildman–Crippen MR) is 211 cm³/mol. The first-order chi connectivity index (χ1) is 23.4. The summed E-state index contributed by atoms with van der Waals surface area (Å²) in [5.74, 6) is 1.03. The zero-order chi connectivity index (χ0) is 37.4. The zero-order valence-electron chi connectivity index (χ0n) is 32.5. The molecule has 4 rings (SSSR count). The Labute approximate surface area is 302 Å². The highest BCUT2D eigenvalue weighted by molar-refractivity contribution is 7.92. The van der Waals surface area contributed by atoms with Gasteiger partial charge in [0.1, 0.15) is 5.65 Å². The normalized spacial score (nSPS) is 12.6. The number of hydrogen-bond donors (Lipinski definition) is 2. The Morgan fingerprint density at radius 2 is 1.48 bits per heavy atom. The maximum Gasteiger partial charge on any atom is 0.232 e. The van der Waals surface area contributed by atoms with Crippen molar-refractivity contribution in [2.75, 3.05) is 37.2 Å². The SMILES string of the molecule is CC.Cc1cc(C)cc(-c2nc3ccc(C(C)(C)C(=O)N(CC(C)C)CC(C)C)cn3c2[C@H](C)CNCCc2ccc(NS(C)(=O)=O)cc2)c1. The molecule has 8 nitrogen and oxygen atoms in total. The molecule has 1 amide bonds. The van der Waals surface area contributed by atoms with Crippen molar-refractivity contribution in [3.8, 4) is 11.3 Å². The Bertz CT molecular complexity index is 1790. The standard InChI is InChI=1S/C39H55N5O3S.C2H6/c1-26(2)23-43(24-27(3)4)38(45)39(8,9)33-13-16-35-41-36(32-20-28(5)19-29(6)21-32)37(44(35)25-33)30(7)22-40-18-17-31-11-14-34(15-12-31)42-48(10,46)47;1-2/h11-16,19-21,25-27,30,40,42H,17-18,22-24H2,1-10H3;1-2H3/t30-;/m1./s1. The molecular formula is C41H61N5O3S. The van der Waals surface area contributed by atoms with E-state index in [9.17, 15) is 13.2 Å². The van der Waals surface area contributed by atoms with Gasteiger partial charge in [0.05, 0.1) is 23.1 Å². The van der Waals surface area contributed by atoms with Gasteiger partial charge in [-0.3, -0.25) is 9.52 Å². The lowest BCUT2D eigenvalue weighted by molar-refractivity contribution is -0.137. The van der Waals surface area contributed by atoms with Gasteiger partial charge in [-0.05, 0) is 94.0 Å². The van der Waals surface area contributed by atoms with Gasteiger partial charge in [-0.1, -0.05) is 83.9 Å². The van der Waals surface area contributed by atoms with Crippen molar-refractivity contribution in [1.29, 1.82) is 0 Å². The topological polar surface area (TPSA) is 95.8 Å². The molecule has 0 aliphatic rings. The summed E-state index contributed by atoms with van der Waals surface area (Å²) in [6.07, 6.45) is 4.09. The highest BCUT2D eigenvalue weighted by Crippen LogP contribution is 2.34. The monoisotopic (exact) mass is 703 g/mol. The molecule has 0 unspecified atom stereocenters. The molecule has 50 heavy (non-hydrogen) atoms. The third-order valence-electron chi connectivity index (χ3n) is 8.63. The number of fused-ring (bicyclic) bond motifs is 1.